The van der Waals surface area contributed by atoms with E-state index in [0.29, 0.717) is 0 Å². The van der Waals surface area contributed by atoms with Crippen molar-refractivity contribution in [1.82, 2.24) is 9.88 Å². The summed E-state index contributed by atoms with van der Waals surface area (Å²) in [6.45, 7) is 4.68. The standard InChI is InChI=1S/C36H28N4/c1-36(2)28-18-11-17-27-26-16-9-10-19-30(26)40(32(27)28)31-21-20-25(22-29(31)36)35-38-33(23-12-5-3-6-13-23)37-34(39-35)24-14-7-4-8-15-24/h3-22,33H,1-2H3,(H,37,38,39). The van der Waals surface area contributed by atoms with Crippen LogP contribution in [0.1, 0.15) is 47.8 Å². The summed E-state index contributed by atoms with van der Waals surface area (Å²) in [5, 5.41) is 6.18. The number of benzene rings is 5. The average Bonchev–Trinajstić information content (AvgIpc) is 3.35. The minimum atomic E-state index is -0.314. The highest BCUT2D eigenvalue weighted by Gasteiger charge is 2.35. The fourth-order valence-electron chi connectivity index (χ4n) is 6.41. The largest absolute Gasteiger partial charge is 0.324 e. The highest BCUT2D eigenvalue weighted by atomic mass is 15.2. The van der Waals surface area contributed by atoms with E-state index < -0.39 is 0 Å². The molecule has 192 valence electrons. The van der Waals surface area contributed by atoms with Gasteiger partial charge in [0.1, 0.15) is 11.7 Å². The minimum Gasteiger partial charge on any atom is -0.324 e. The molecule has 1 N–H and O–H groups in total. The van der Waals surface area contributed by atoms with Gasteiger partial charge in [0.25, 0.3) is 0 Å². The first-order valence-electron chi connectivity index (χ1n) is 13.8. The number of nitrogens with one attached hydrogen (secondary N) is 1. The smallest absolute Gasteiger partial charge is 0.169 e. The van der Waals surface area contributed by atoms with E-state index in [9.17, 15) is 0 Å². The zero-order valence-corrected chi connectivity index (χ0v) is 22.5. The first-order valence-corrected chi connectivity index (χ1v) is 13.8. The van der Waals surface area contributed by atoms with Crippen LogP contribution in [0.2, 0.25) is 0 Å². The van der Waals surface area contributed by atoms with Gasteiger partial charge in [-0.3, -0.25) is 0 Å². The fraction of sp³-hybridized carbons (Fsp3) is 0.111. The molecular formula is C36H28N4. The Morgan fingerprint density at radius 3 is 2.10 bits per heavy atom. The van der Waals surface area contributed by atoms with Crippen LogP contribution in [-0.2, 0) is 5.41 Å². The van der Waals surface area contributed by atoms with Gasteiger partial charge in [0, 0.05) is 27.3 Å². The maximum Gasteiger partial charge on any atom is 0.169 e. The van der Waals surface area contributed by atoms with Crippen molar-refractivity contribution in [2.24, 2.45) is 9.98 Å². The quantitative estimate of drug-likeness (QED) is 0.255. The predicted octanol–water partition coefficient (Wildman–Crippen LogP) is 7.92. The number of para-hydroxylation sites is 2. The van der Waals surface area contributed by atoms with Crippen LogP contribution in [0.5, 0.6) is 0 Å². The monoisotopic (exact) mass is 516 g/mol. The highest BCUT2D eigenvalue weighted by molar-refractivity contribution is 6.16. The zero-order chi connectivity index (χ0) is 26.8. The Morgan fingerprint density at radius 2 is 1.30 bits per heavy atom. The van der Waals surface area contributed by atoms with Gasteiger partial charge in [-0.15, -0.1) is 0 Å². The van der Waals surface area contributed by atoms with Crippen LogP contribution in [0.25, 0.3) is 27.5 Å². The van der Waals surface area contributed by atoms with Crippen LogP contribution in [0.15, 0.2) is 131 Å². The van der Waals surface area contributed by atoms with E-state index in [4.69, 9.17) is 9.98 Å². The molecule has 1 aromatic heterocycles. The Hall–Kier alpha value is -4.96. The van der Waals surface area contributed by atoms with Gasteiger partial charge in [-0.05, 0) is 41.0 Å². The molecule has 0 aliphatic carbocycles. The van der Waals surface area contributed by atoms with Crippen molar-refractivity contribution < 1.29 is 0 Å². The molecule has 40 heavy (non-hydrogen) atoms. The summed E-state index contributed by atoms with van der Waals surface area (Å²) in [5.74, 6) is 1.67. The maximum absolute atomic E-state index is 5.13. The number of nitrogens with zero attached hydrogens (tertiary/aromatic N) is 3. The average molecular weight is 517 g/mol. The van der Waals surface area contributed by atoms with Crippen molar-refractivity contribution in [3.63, 3.8) is 0 Å². The molecular weight excluding hydrogens is 488 g/mol. The van der Waals surface area contributed by atoms with Crippen LogP contribution in [-0.4, -0.2) is 16.2 Å². The molecule has 0 amide bonds. The third-order valence-corrected chi connectivity index (χ3v) is 8.44. The van der Waals surface area contributed by atoms with Gasteiger partial charge in [0.15, 0.2) is 6.17 Å². The molecule has 1 unspecified atom stereocenters. The van der Waals surface area contributed by atoms with Crippen molar-refractivity contribution in [2.75, 3.05) is 0 Å². The maximum atomic E-state index is 5.13. The lowest BCUT2D eigenvalue weighted by Gasteiger charge is -2.35. The summed E-state index contributed by atoms with van der Waals surface area (Å²) in [4.78, 5) is 10.1. The molecule has 2 aliphatic heterocycles. The first-order chi connectivity index (χ1) is 19.6. The van der Waals surface area contributed by atoms with Gasteiger partial charge in [-0.1, -0.05) is 111 Å². The van der Waals surface area contributed by atoms with Crippen molar-refractivity contribution >= 4 is 33.5 Å². The molecule has 8 rings (SSSR count). The molecule has 0 saturated carbocycles. The number of amidine groups is 2. The van der Waals surface area contributed by atoms with Gasteiger partial charge in [0.05, 0.1) is 16.7 Å². The van der Waals surface area contributed by atoms with Crippen LogP contribution < -0.4 is 5.32 Å². The number of aromatic nitrogens is 1. The van der Waals surface area contributed by atoms with Crippen molar-refractivity contribution in [3.8, 4) is 5.69 Å². The molecule has 6 aromatic rings. The first kappa shape index (κ1) is 23.0. The Balaban J connectivity index is 1.32. The van der Waals surface area contributed by atoms with Crippen LogP contribution >= 0.6 is 0 Å². The molecule has 0 spiro atoms. The molecule has 3 heterocycles. The predicted molar refractivity (Wildman–Crippen MR) is 165 cm³/mol. The molecule has 0 saturated heterocycles. The number of hydrogen-bond donors (Lipinski definition) is 1. The lowest BCUT2D eigenvalue weighted by molar-refractivity contribution is 0.630. The molecule has 0 bridgehead atoms. The molecule has 4 heteroatoms. The van der Waals surface area contributed by atoms with E-state index in [-0.39, 0.29) is 11.6 Å². The number of aliphatic imine (C=N–C) groups is 2. The lowest BCUT2D eigenvalue weighted by Crippen LogP contribution is -2.36. The highest BCUT2D eigenvalue weighted by Crippen LogP contribution is 2.47. The lowest BCUT2D eigenvalue weighted by atomic mass is 9.74. The van der Waals surface area contributed by atoms with E-state index in [1.165, 1.54) is 38.6 Å². The summed E-state index contributed by atoms with van der Waals surface area (Å²) in [7, 11) is 0. The Labute approximate surface area is 233 Å². The van der Waals surface area contributed by atoms with Gasteiger partial charge >= 0.3 is 0 Å². The van der Waals surface area contributed by atoms with Gasteiger partial charge in [0.2, 0.25) is 0 Å². The molecule has 0 radical (unpaired) electrons. The minimum absolute atomic E-state index is 0.181. The van der Waals surface area contributed by atoms with E-state index in [0.717, 1.165) is 28.4 Å². The second-order valence-corrected chi connectivity index (χ2v) is 11.1. The summed E-state index contributed by atoms with van der Waals surface area (Å²) < 4.78 is 2.45. The van der Waals surface area contributed by atoms with Gasteiger partial charge in [-0.25, -0.2) is 9.98 Å². The summed E-state index contributed by atoms with van der Waals surface area (Å²) in [5.41, 5.74) is 9.41. The van der Waals surface area contributed by atoms with Crippen molar-refractivity contribution in [2.45, 2.75) is 25.4 Å². The summed E-state index contributed by atoms with van der Waals surface area (Å²) >= 11 is 0. The molecule has 2 aliphatic rings. The van der Waals surface area contributed by atoms with E-state index >= 15 is 0 Å². The van der Waals surface area contributed by atoms with Crippen molar-refractivity contribution in [3.05, 3.63) is 149 Å². The topological polar surface area (TPSA) is 41.7 Å². The SMILES string of the molecule is CC1(C)c2cc(C3=NC(c4ccccc4)N=C(c4ccccc4)N3)ccc2-n2c3ccccc3c3cccc1c32. The second kappa shape index (κ2) is 8.52. The molecule has 1 atom stereocenters. The Morgan fingerprint density at radius 1 is 0.625 bits per heavy atom. The van der Waals surface area contributed by atoms with E-state index in [1.807, 2.05) is 36.4 Å². The second-order valence-electron chi connectivity index (χ2n) is 11.1. The third kappa shape index (κ3) is 3.32. The Kier molecular flexibility index (Phi) is 4.89. The Bertz CT molecular complexity index is 2000. The van der Waals surface area contributed by atoms with Gasteiger partial charge in [-0.2, -0.15) is 0 Å². The van der Waals surface area contributed by atoms with Crippen LogP contribution in [0, 0.1) is 0 Å². The zero-order valence-electron chi connectivity index (χ0n) is 22.5. The normalized spacial score (nSPS) is 17.2. The summed E-state index contributed by atoms with van der Waals surface area (Å²) in [6.07, 6.45) is -0.314. The van der Waals surface area contributed by atoms with Gasteiger partial charge < -0.3 is 9.88 Å². The number of hydrogen-bond acceptors (Lipinski definition) is 3. The molecule has 4 nitrogen and oxygen atoms in total. The third-order valence-electron chi connectivity index (χ3n) is 8.44. The molecule has 0 fully saturated rings. The molecule has 5 aromatic carbocycles. The van der Waals surface area contributed by atoms with Crippen molar-refractivity contribution in [1.29, 1.82) is 0 Å². The van der Waals surface area contributed by atoms with E-state index in [1.54, 1.807) is 0 Å². The fourth-order valence-corrected chi connectivity index (χ4v) is 6.41. The van der Waals surface area contributed by atoms with Crippen LogP contribution in [0.3, 0.4) is 0 Å². The number of rotatable bonds is 3. The number of fused-ring (bicyclic) bond motifs is 5. The summed E-state index contributed by atoms with van der Waals surface area (Å²) in [6, 6.07) is 42.9. The van der Waals surface area contributed by atoms with E-state index in [2.05, 4.69) is 109 Å². The van der Waals surface area contributed by atoms with Crippen LogP contribution in [0.4, 0.5) is 0 Å².